The van der Waals surface area contributed by atoms with E-state index in [4.69, 9.17) is 0 Å². The van der Waals surface area contributed by atoms with Crippen molar-refractivity contribution in [3.05, 3.63) is 87.3 Å². The van der Waals surface area contributed by atoms with Gasteiger partial charge in [0.15, 0.2) is 0 Å². The summed E-state index contributed by atoms with van der Waals surface area (Å²) in [5.41, 5.74) is 3.09. The average molecular weight is 411 g/mol. The van der Waals surface area contributed by atoms with Gasteiger partial charge >= 0.3 is 0 Å². The van der Waals surface area contributed by atoms with Gasteiger partial charge in [0, 0.05) is 51.0 Å². The minimum atomic E-state index is -0.413. The quantitative estimate of drug-likeness (QED) is 0.691. The Morgan fingerprint density at radius 2 is 1.68 bits per heavy atom. The van der Waals surface area contributed by atoms with Gasteiger partial charge in [0.2, 0.25) is 0 Å². The summed E-state index contributed by atoms with van der Waals surface area (Å²) in [4.78, 5) is 24.8. The molecule has 1 radical (unpaired) electrons. The molecule has 0 aliphatic heterocycles. The number of carbonyl (C=O) groups is 1. The first-order valence-electron chi connectivity index (χ1n) is 7.67. The minimum Gasteiger partial charge on any atom is -0.392 e. The molecular weight excluding hydrogens is 393 g/mol. The fourth-order valence-corrected chi connectivity index (χ4v) is 2.49. The van der Waals surface area contributed by atoms with Gasteiger partial charge in [-0.25, -0.2) is 0 Å². The van der Waals surface area contributed by atoms with Crippen LogP contribution in [-0.4, -0.2) is 15.4 Å². The number of hydrogen-bond acceptors (Lipinski definition) is 3. The normalized spacial score (nSPS) is 10.3. The van der Waals surface area contributed by atoms with E-state index in [1.165, 1.54) is 10.5 Å². The molecule has 0 fully saturated rings. The summed E-state index contributed by atoms with van der Waals surface area (Å²) in [6.45, 7) is 2.20. The van der Waals surface area contributed by atoms with E-state index in [-0.39, 0.29) is 44.9 Å². The van der Waals surface area contributed by atoms with E-state index in [9.17, 15) is 14.7 Å². The van der Waals surface area contributed by atoms with Gasteiger partial charge in [0.25, 0.3) is 11.5 Å². The Kier molecular flexibility index (Phi) is 6.65. The first-order valence-corrected chi connectivity index (χ1v) is 7.67. The van der Waals surface area contributed by atoms with Crippen molar-refractivity contribution in [3.8, 4) is 0 Å². The molecule has 0 atom stereocenters. The number of amides is 1. The zero-order valence-corrected chi connectivity index (χ0v) is 16.7. The summed E-state index contributed by atoms with van der Waals surface area (Å²) in [5.74, 6) is -0.413. The van der Waals surface area contributed by atoms with E-state index in [1.54, 1.807) is 24.4 Å². The Morgan fingerprint density at radius 3 is 2.36 bits per heavy atom. The molecule has 5 nitrogen and oxygen atoms in total. The maximum absolute atomic E-state index is 12.5. The van der Waals surface area contributed by atoms with Crippen molar-refractivity contribution >= 4 is 11.4 Å². The van der Waals surface area contributed by atoms with Crippen LogP contribution in [0.15, 0.2) is 59.5 Å². The van der Waals surface area contributed by atoms with Gasteiger partial charge in [-0.1, -0.05) is 35.9 Å². The molecule has 0 bridgehead atoms. The fourth-order valence-electron chi connectivity index (χ4n) is 2.49. The molecule has 0 aliphatic carbocycles. The molecule has 3 rings (SSSR count). The van der Waals surface area contributed by atoms with Crippen LogP contribution < -0.4 is 10.9 Å². The third-order valence-electron chi connectivity index (χ3n) is 3.91. The number of aliphatic hydroxyl groups is 1. The number of aliphatic hydroxyl groups excluding tert-OH is 1. The molecule has 3 aromatic rings. The van der Waals surface area contributed by atoms with Crippen molar-refractivity contribution < 1.29 is 42.6 Å². The molecule has 6 heteroatoms. The number of benzene rings is 1. The number of aryl methyl sites for hydroxylation is 1. The van der Waals surface area contributed by atoms with E-state index in [1.807, 2.05) is 31.2 Å². The molecule has 2 N–H and O–H groups in total. The second-order valence-electron chi connectivity index (χ2n) is 5.71. The number of nitrogens with zero attached hydrogens (tertiary/aromatic N) is 1. The third kappa shape index (κ3) is 4.43. The Bertz CT molecular complexity index is 949. The minimum absolute atomic E-state index is 0. The zero-order chi connectivity index (χ0) is 17.1. The molecule has 2 aromatic heterocycles. The molecule has 0 spiro atoms. The topological polar surface area (TPSA) is 70.8 Å². The first kappa shape index (κ1) is 19.5. The number of hydrogen-bond donors (Lipinski definition) is 2. The number of pyridine rings is 2. The second kappa shape index (κ2) is 8.52. The maximum atomic E-state index is 12.5. The van der Waals surface area contributed by atoms with Gasteiger partial charge in [0.05, 0.1) is 6.61 Å². The summed E-state index contributed by atoms with van der Waals surface area (Å²) < 4.78 is 1.38. The van der Waals surface area contributed by atoms with Gasteiger partial charge in [-0.3, -0.25) is 14.0 Å². The van der Waals surface area contributed by atoms with Crippen molar-refractivity contribution in [1.82, 2.24) is 9.72 Å². The SMILES string of the molecule is Cc1ccc(CNC(=O)c2ccc3ccc(CO)cn3c2=O)cc1.[Y]. The van der Waals surface area contributed by atoms with Gasteiger partial charge in [-0.2, -0.15) is 0 Å². The van der Waals surface area contributed by atoms with Crippen LogP contribution in [0.25, 0.3) is 5.52 Å². The van der Waals surface area contributed by atoms with Crippen molar-refractivity contribution in [2.24, 2.45) is 0 Å². The molecule has 0 saturated heterocycles. The van der Waals surface area contributed by atoms with E-state index in [2.05, 4.69) is 5.32 Å². The number of carbonyl (C=O) groups excluding carboxylic acids is 1. The van der Waals surface area contributed by atoms with Crippen LogP contribution in [0, 0.1) is 6.92 Å². The second-order valence-corrected chi connectivity index (χ2v) is 5.71. The van der Waals surface area contributed by atoms with E-state index in [0.717, 1.165) is 11.1 Å². The van der Waals surface area contributed by atoms with Crippen LogP contribution in [0.2, 0.25) is 0 Å². The van der Waals surface area contributed by atoms with Gasteiger partial charge < -0.3 is 10.4 Å². The Balaban J connectivity index is 0.00000225. The van der Waals surface area contributed by atoms with Crippen LogP contribution in [0.1, 0.15) is 27.0 Å². The number of fused-ring (bicyclic) bond motifs is 1. The molecule has 1 amide bonds. The Hall–Kier alpha value is -1.82. The average Bonchev–Trinajstić information content (AvgIpc) is 2.61. The first-order chi connectivity index (χ1) is 11.6. The summed E-state index contributed by atoms with van der Waals surface area (Å²) in [5, 5.41) is 12.0. The van der Waals surface area contributed by atoms with Crippen LogP contribution in [0.4, 0.5) is 0 Å². The van der Waals surface area contributed by atoms with Crippen LogP contribution in [0.3, 0.4) is 0 Å². The standard InChI is InChI=1S/C19H18N2O3.Y/c1-13-2-4-14(5-3-13)10-20-18(23)17-9-8-16-7-6-15(12-22)11-21(16)19(17)24;/h2-9,11,22H,10,12H2,1H3,(H,20,23);. The Morgan fingerprint density at radius 1 is 1.04 bits per heavy atom. The number of rotatable bonds is 4. The van der Waals surface area contributed by atoms with Crippen LogP contribution >= 0.6 is 0 Å². The van der Waals surface area contributed by atoms with Gasteiger partial charge in [-0.15, -0.1) is 0 Å². The molecule has 125 valence electrons. The molecule has 0 unspecified atom stereocenters. The third-order valence-corrected chi connectivity index (χ3v) is 3.91. The Labute approximate surface area is 170 Å². The summed E-state index contributed by atoms with van der Waals surface area (Å²) in [7, 11) is 0. The number of aromatic nitrogens is 1. The van der Waals surface area contributed by atoms with E-state index in [0.29, 0.717) is 17.6 Å². The van der Waals surface area contributed by atoms with Crippen LogP contribution in [-0.2, 0) is 45.9 Å². The molecule has 0 aliphatic rings. The van der Waals surface area contributed by atoms with Gasteiger partial charge in [-0.05, 0) is 36.2 Å². The summed E-state index contributed by atoms with van der Waals surface area (Å²) in [6, 6.07) is 14.6. The monoisotopic (exact) mass is 411 g/mol. The molecule has 1 aromatic carbocycles. The van der Waals surface area contributed by atoms with E-state index >= 15 is 0 Å². The molecule has 25 heavy (non-hydrogen) atoms. The van der Waals surface area contributed by atoms with Crippen molar-refractivity contribution in [2.75, 3.05) is 0 Å². The summed E-state index contributed by atoms with van der Waals surface area (Å²) in [6.07, 6.45) is 1.55. The van der Waals surface area contributed by atoms with Gasteiger partial charge in [0.1, 0.15) is 5.56 Å². The van der Waals surface area contributed by atoms with E-state index < -0.39 is 11.5 Å². The zero-order valence-electron chi connectivity index (χ0n) is 13.9. The maximum Gasteiger partial charge on any atom is 0.267 e. The predicted octanol–water partition coefficient (Wildman–Crippen LogP) is 2.03. The van der Waals surface area contributed by atoms with Crippen molar-refractivity contribution in [2.45, 2.75) is 20.1 Å². The summed E-state index contributed by atoms with van der Waals surface area (Å²) >= 11 is 0. The largest absolute Gasteiger partial charge is 0.392 e. The van der Waals surface area contributed by atoms with Crippen molar-refractivity contribution in [1.29, 1.82) is 0 Å². The molecular formula is C19H18N2O3Y. The molecule has 2 heterocycles. The fraction of sp³-hybridized carbons (Fsp3) is 0.158. The van der Waals surface area contributed by atoms with Crippen molar-refractivity contribution in [3.63, 3.8) is 0 Å². The smallest absolute Gasteiger partial charge is 0.267 e. The predicted molar refractivity (Wildman–Crippen MR) is 91.9 cm³/mol. The van der Waals surface area contributed by atoms with Crippen LogP contribution in [0.5, 0.6) is 0 Å². The number of nitrogens with one attached hydrogen (secondary N) is 1. The molecule has 0 saturated carbocycles.